The molecule has 4 rings (SSSR count). The minimum absolute atomic E-state index is 0.00767. The SMILES string of the molecule is O=C(O)CC(NC(=O)COCCNC(=O)OCC1c2ccccc2-c2ccccc21)C1CCCC1. The molecular formula is C27H32N2O6. The summed E-state index contributed by atoms with van der Waals surface area (Å²) < 4.78 is 10.8. The number of alkyl carbamates (subject to hydrolysis) is 1. The Morgan fingerprint density at radius 1 is 0.971 bits per heavy atom. The summed E-state index contributed by atoms with van der Waals surface area (Å²) in [5, 5.41) is 14.6. The van der Waals surface area contributed by atoms with Gasteiger partial charge in [0.1, 0.15) is 13.2 Å². The van der Waals surface area contributed by atoms with Gasteiger partial charge in [0, 0.05) is 18.5 Å². The third kappa shape index (κ3) is 6.39. The molecule has 186 valence electrons. The van der Waals surface area contributed by atoms with Crippen molar-refractivity contribution >= 4 is 18.0 Å². The smallest absolute Gasteiger partial charge is 0.407 e. The largest absolute Gasteiger partial charge is 0.481 e. The molecule has 0 aromatic heterocycles. The maximum Gasteiger partial charge on any atom is 0.407 e. The van der Waals surface area contributed by atoms with Crippen LogP contribution < -0.4 is 10.6 Å². The van der Waals surface area contributed by atoms with E-state index < -0.39 is 12.1 Å². The normalized spacial score (nSPS) is 15.8. The highest BCUT2D eigenvalue weighted by Gasteiger charge is 2.29. The van der Waals surface area contributed by atoms with Crippen LogP contribution in [0.25, 0.3) is 11.1 Å². The van der Waals surface area contributed by atoms with Crippen molar-refractivity contribution in [1.29, 1.82) is 0 Å². The fourth-order valence-corrected chi connectivity index (χ4v) is 5.17. The average molecular weight is 481 g/mol. The highest BCUT2D eigenvalue weighted by atomic mass is 16.5. The first kappa shape index (κ1) is 24.7. The first-order valence-electron chi connectivity index (χ1n) is 12.2. The lowest BCUT2D eigenvalue weighted by atomic mass is 9.95. The fourth-order valence-electron chi connectivity index (χ4n) is 5.17. The van der Waals surface area contributed by atoms with E-state index in [9.17, 15) is 14.4 Å². The molecule has 0 saturated heterocycles. The Balaban J connectivity index is 1.15. The number of amides is 2. The molecule has 2 aromatic carbocycles. The van der Waals surface area contributed by atoms with Crippen molar-refractivity contribution in [2.75, 3.05) is 26.4 Å². The van der Waals surface area contributed by atoms with Crippen LogP contribution in [0, 0.1) is 5.92 Å². The van der Waals surface area contributed by atoms with Gasteiger partial charge in [-0.15, -0.1) is 0 Å². The number of carbonyl (C=O) groups excluding carboxylic acids is 2. The molecule has 0 bridgehead atoms. The number of benzene rings is 2. The molecule has 0 heterocycles. The Kier molecular flexibility index (Phi) is 8.36. The maximum absolute atomic E-state index is 12.2. The lowest BCUT2D eigenvalue weighted by Crippen LogP contribution is -2.43. The molecule has 0 spiro atoms. The van der Waals surface area contributed by atoms with Crippen molar-refractivity contribution in [1.82, 2.24) is 10.6 Å². The Bertz CT molecular complexity index is 1000. The first-order valence-corrected chi connectivity index (χ1v) is 12.2. The highest BCUT2D eigenvalue weighted by molar-refractivity contribution is 5.79. The van der Waals surface area contributed by atoms with Crippen molar-refractivity contribution in [3.05, 3.63) is 59.7 Å². The molecule has 2 aliphatic carbocycles. The van der Waals surface area contributed by atoms with Crippen LogP contribution in [-0.2, 0) is 19.1 Å². The second kappa shape index (κ2) is 11.8. The van der Waals surface area contributed by atoms with Gasteiger partial charge >= 0.3 is 12.1 Å². The Hall–Kier alpha value is -3.39. The van der Waals surface area contributed by atoms with Gasteiger partial charge in [-0.2, -0.15) is 0 Å². The maximum atomic E-state index is 12.2. The molecule has 2 aromatic rings. The summed E-state index contributed by atoms with van der Waals surface area (Å²) in [5.74, 6) is -1.07. The lowest BCUT2D eigenvalue weighted by Gasteiger charge is -2.23. The molecule has 1 saturated carbocycles. The lowest BCUT2D eigenvalue weighted by molar-refractivity contribution is -0.138. The van der Waals surface area contributed by atoms with E-state index in [4.69, 9.17) is 14.6 Å². The van der Waals surface area contributed by atoms with Gasteiger partial charge in [0.25, 0.3) is 0 Å². The van der Waals surface area contributed by atoms with Gasteiger partial charge < -0.3 is 25.2 Å². The second-order valence-electron chi connectivity index (χ2n) is 9.12. The van der Waals surface area contributed by atoms with E-state index in [2.05, 4.69) is 34.9 Å². The number of rotatable bonds is 11. The quantitative estimate of drug-likeness (QED) is 0.423. The fraction of sp³-hybridized carbons (Fsp3) is 0.444. The highest BCUT2D eigenvalue weighted by Crippen LogP contribution is 2.44. The number of aliphatic carboxylic acids is 1. The van der Waals surface area contributed by atoms with Gasteiger partial charge in [-0.25, -0.2) is 4.79 Å². The van der Waals surface area contributed by atoms with Crippen molar-refractivity contribution in [3.8, 4) is 11.1 Å². The topological polar surface area (TPSA) is 114 Å². The Labute approximate surface area is 205 Å². The zero-order valence-electron chi connectivity index (χ0n) is 19.7. The minimum atomic E-state index is -0.921. The number of carbonyl (C=O) groups is 3. The van der Waals surface area contributed by atoms with E-state index in [1.165, 1.54) is 11.1 Å². The van der Waals surface area contributed by atoms with E-state index in [1.54, 1.807) is 0 Å². The minimum Gasteiger partial charge on any atom is -0.481 e. The number of carboxylic acids is 1. The van der Waals surface area contributed by atoms with Crippen LogP contribution >= 0.6 is 0 Å². The summed E-state index contributed by atoms with van der Waals surface area (Å²) in [6, 6.07) is 15.9. The zero-order valence-corrected chi connectivity index (χ0v) is 19.7. The molecule has 8 nitrogen and oxygen atoms in total. The van der Waals surface area contributed by atoms with Gasteiger partial charge in [-0.05, 0) is 41.0 Å². The van der Waals surface area contributed by atoms with Crippen molar-refractivity contribution < 1.29 is 29.0 Å². The molecule has 0 radical (unpaired) electrons. The predicted octanol–water partition coefficient (Wildman–Crippen LogP) is 3.69. The summed E-state index contributed by atoms with van der Waals surface area (Å²) in [6.07, 6.45) is 3.37. The van der Waals surface area contributed by atoms with E-state index in [1.807, 2.05) is 24.3 Å². The monoisotopic (exact) mass is 480 g/mol. The van der Waals surface area contributed by atoms with Crippen LogP contribution in [0.2, 0.25) is 0 Å². The summed E-state index contributed by atoms with van der Waals surface area (Å²) in [5.41, 5.74) is 4.63. The summed E-state index contributed by atoms with van der Waals surface area (Å²) in [4.78, 5) is 35.5. The number of fused-ring (bicyclic) bond motifs is 3. The van der Waals surface area contributed by atoms with Gasteiger partial charge in [-0.3, -0.25) is 9.59 Å². The summed E-state index contributed by atoms with van der Waals surface area (Å²) in [6.45, 7) is 0.389. The molecular weight excluding hydrogens is 448 g/mol. The van der Waals surface area contributed by atoms with Crippen molar-refractivity contribution in [3.63, 3.8) is 0 Å². The van der Waals surface area contributed by atoms with E-state index >= 15 is 0 Å². The van der Waals surface area contributed by atoms with Crippen LogP contribution in [0.3, 0.4) is 0 Å². The Morgan fingerprint density at radius 3 is 2.23 bits per heavy atom. The van der Waals surface area contributed by atoms with Crippen LogP contribution in [0.5, 0.6) is 0 Å². The van der Waals surface area contributed by atoms with E-state index in [0.717, 1.165) is 36.8 Å². The Morgan fingerprint density at radius 2 is 1.60 bits per heavy atom. The first-order chi connectivity index (χ1) is 17.0. The standard InChI is InChI=1S/C27H32N2O6/c30-25(29-24(15-26(31)32)18-7-1-2-8-18)17-34-14-13-28-27(33)35-16-23-21-11-5-3-9-19(21)20-10-4-6-12-22(20)23/h3-6,9-12,18,23-24H,1-2,7-8,13-17H2,(H,28,33)(H,29,30)(H,31,32). The number of hydrogen-bond donors (Lipinski definition) is 3. The van der Waals surface area contributed by atoms with E-state index in [0.29, 0.717) is 0 Å². The van der Waals surface area contributed by atoms with Crippen molar-refractivity contribution in [2.24, 2.45) is 5.92 Å². The number of nitrogens with one attached hydrogen (secondary N) is 2. The number of ether oxygens (including phenoxy) is 2. The molecule has 1 unspecified atom stereocenters. The van der Waals surface area contributed by atoms with E-state index in [-0.39, 0.29) is 56.6 Å². The number of hydrogen-bond acceptors (Lipinski definition) is 5. The van der Waals surface area contributed by atoms with Crippen LogP contribution in [0.4, 0.5) is 4.79 Å². The third-order valence-electron chi connectivity index (χ3n) is 6.80. The molecule has 3 N–H and O–H groups in total. The van der Waals surface area contributed by atoms with Crippen LogP contribution in [-0.4, -0.2) is 55.5 Å². The molecule has 8 heteroatoms. The predicted molar refractivity (Wildman–Crippen MR) is 130 cm³/mol. The average Bonchev–Trinajstić information content (AvgIpc) is 3.49. The molecule has 1 atom stereocenters. The van der Waals surface area contributed by atoms with Gasteiger partial charge in [0.15, 0.2) is 0 Å². The third-order valence-corrected chi connectivity index (χ3v) is 6.80. The molecule has 2 aliphatic rings. The molecule has 0 aliphatic heterocycles. The van der Waals surface area contributed by atoms with Gasteiger partial charge in [0.05, 0.1) is 13.0 Å². The summed E-state index contributed by atoms with van der Waals surface area (Å²) >= 11 is 0. The second-order valence-corrected chi connectivity index (χ2v) is 9.12. The van der Waals surface area contributed by atoms with Crippen LogP contribution in [0.15, 0.2) is 48.5 Å². The molecule has 35 heavy (non-hydrogen) atoms. The van der Waals surface area contributed by atoms with Crippen molar-refractivity contribution in [2.45, 2.75) is 44.1 Å². The van der Waals surface area contributed by atoms with Gasteiger partial charge in [0.2, 0.25) is 5.91 Å². The molecule has 2 amide bonds. The zero-order chi connectivity index (χ0) is 24.6. The molecule has 1 fully saturated rings. The summed E-state index contributed by atoms with van der Waals surface area (Å²) in [7, 11) is 0. The van der Waals surface area contributed by atoms with Gasteiger partial charge in [-0.1, -0.05) is 61.4 Å². The number of carboxylic acid groups (broad SMARTS) is 1. The van der Waals surface area contributed by atoms with Crippen LogP contribution in [0.1, 0.15) is 49.1 Å².